The molecule has 1 fully saturated rings. The predicted octanol–water partition coefficient (Wildman–Crippen LogP) is 2.53. The van der Waals surface area contributed by atoms with Crippen molar-refractivity contribution in [3.05, 3.63) is 23.8 Å². The average molecular weight is 261 g/mol. The van der Waals surface area contributed by atoms with E-state index in [1.54, 1.807) is 6.07 Å². The number of hydrogen-bond acceptors (Lipinski definition) is 3. The molecule has 0 radical (unpaired) electrons. The van der Waals surface area contributed by atoms with Crippen LogP contribution in [0.2, 0.25) is 0 Å². The molecule has 0 heterocycles. The van der Waals surface area contributed by atoms with Gasteiger partial charge in [-0.25, -0.2) is 0 Å². The first kappa shape index (κ1) is 13.7. The molecule has 4 N–H and O–H groups in total. The molecular weight excluding hydrogens is 238 g/mol. The van der Waals surface area contributed by atoms with Gasteiger partial charge in [0.2, 0.25) is 0 Å². The molecule has 0 spiro atoms. The van der Waals surface area contributed by atoms with Gasteiger partial charge in [0.05, 0.1) is 16.9 Å². The van der Waals surface area contributed by atoms with E-state index in [9.17, 15) is 4.79 Å². The molecule has 0 unspecified atom stereocenters. The van der Waals surface area contributed by atoms with Crippen LogP contribution in [0.3, 0.4) is 0 Å². The smallest absolute Gasteiger partial charge is 0.250 e. The number of benzene rings is 1. The van der Waals surface area contributed by atoms with Gasteiger partial charge < -0.3 is 16.4 Å². The monoisotopic (exact) mass is 261 g/mol. The third-order valence-corrected chi connectivity index (χ3v) is 4.01. The van der Waals surface area contributed by atoms with Crippen molar-refractivity contribution in [2.75, 3.05) is 17.2 Å². The van der Waals surface area contributed by atoms with E-state index in [2.05, 4.69) is 11.8 Å². The topological polar surface area (TPSA) is 72.3 Å². The van der Waals surface area contributed by atoms with Crippen molar-refractivity contribution in [1.29, 1.82) is 0 Å². The summed E-state index contributed by atoms with van der Waals surface area (Å²) in [5.41, 5.74) is 13.4. The highest BCUT2D eigenvalue weighted by atomic mass is 16.1. The molecule has 19 heavy (non-hydrogen) atoms. The second kappa shape index (κ2) is 5.95. The van der Waals surface area contributed by atoms with Crippen LogP contribution in [-0.4, -0.2) is 18.5 Å². The number of rotatable bonds is 4. The standard InChI is InChI=1S/C15H23N3O/c1-2-18(11-7-4-3-5-8-11)13-10-6-9-12(14(13)16)15(17)19/h6,9-11H,2-5,7-8,16H2,1H3,(H2,17,19). The second-order valence-electron chi connectivity index (χ2n) is 5.18. The predicted molar refractivity (Wildman–Crippen MR) is 79.3 cm³/mol. The Morgan fingerprint density at radius 2 is 2.00 bits per heavy atom. The Labute approximate surface area is 114 Å². The van der Waals surface area contributed by atoms with Gasteiger partial charge in [-0.15, -0.1) is 0 Å². The molecule has 1 aromatic carbocycles. The van der Waals surface area contributed by atoms with Crippen LogP contribution < -0.4 is 16.4 Å². The van der Waals surface area contributed by atoms with Crippen molar-refractivity contribution < 1.29 is 4.79 Å². The summed E-state index contributed by atoms with van der Waals surface area (Å²) in [6.45, 7) is 3.03. The van der Waals surface area contributed by atoms with Crippen molar-refractivity contribution in [3.8, 4) is 0 Å². The lowest BCUT2D eigenvalue weighted by Crippen LogP contribution is -2.37. The van der Waals surface area contributed by atoms with E-state index in [-0.39, 0.29) is 0 Å². The largest absolute Gasteiger partial charge is 0.396 e. The van der Waals surface area contributed by atoms with Crippen molar-refractivity contribution in [3.63, 3.8) is 0 Å². The molecule has 4 heteroatoms. The van der Waals surface area contributed by atoms with Gasteiger partial charge in [0, 0.05) is 12.6 Å². The summed E-state index contributed by atoms with van der Waals surface area (Å²) >= 11 is 0. The highest BCUT2D eigenvalue weighted by molar-refractivity contribution is 6.00. The summed E-state index contributed by atoms with van der Waals surface area (Å²) in [5, 5.41) is 0. The van der Waals surface area contributed by atoms with E-state index >= 15 is 0 Å². The molecule has 0 bridgehead atoms. The Morgan fingerprint density at radius 3 is 2.58 bits per heavy atom. The van der Waals surface area contributed by atoms with E-state index in [1.165, 1.54) is 32.1 Å². The summed E-state index contributed by atoms with van der Waals surface area (Å²) in [7, 11) is 0. The number of nitrogens with zero attached hydrogens (tertiary/aromatic N) is 1. The maximum absolute atomic E-state index is 11.4. The molecule has 0 saturated heterocycles. The van der Waals surface area contributed by atoms with Crippen LogP contribution in [0.25, 0.3) is 0 Å². The normalized spacial score (nSPS) is 16.3. The van der Waals surface area contributed by atoms with E-state index in [1.807, 2.05) is 12.1 Å². The minimum Gasteiger partial charge on any atom is -0.396 e. The van der Waals surface area contributed by atoms with Gasteiger partial charge in [-0.1, -0.05) is 25.3 Å². The first-order valence-corrected chi connectivity index (χ1v) is 7.10. The summed E-state index contributed by atoms with van der Waals surface area (Å²) in [5.74, 6) is -0.459. The molecular formula is C15H23N3O. The summed E-state index contributed by atoms with van der Waals surface area (Å²) in [6.07, 6.45) is 6.28. The number of carbonyl (C=O) groups excluding carboxylic acids is 1. The average Bonchev–Trinajstić information content (AvgIpc) is 2.42. The maximum Gasteiger partial charge on any atom is 0.250 e. The fraction of sp³-hybridized carbons (Fsp3) is 0.533. The minimum absolute atomic E-state index is 0.423. The Morgan fingerprint density at radius 1 is 1.32 bits per heavy atom. The quantitative estimate of drug-likeness (QED) is 0.818. The molecule has 1 aliphatic rings. The van der Waals surface area contributed by atoms with Gasteiger partial charge >= 0.3 is 0 Å². The summed E-state index contributed by atoms with van der Waals surface area (Å²) in [4.78, 5) is 13.7. The molecule has 1 aliphatic carbocycles. The van der Waals surface area contributed by atoms with Crippen molar-refractivity contribution in [2.24, 2.45) is 5.73 Å². The number of anilines is 2. The molecule has 1 saturated carbocycles. The Kier molecular flexibility index (Phi) is 4.30. The number of hydrogen-bond donors (Lipinski definition) is 2. The number of para-hydroxylation sites is 1. The highest BCUT2D eigenvalue weighted by Gasteiger charge is 2.22. The lowest BCUT2D eigenvalue weighted by atomic mass is 9.93. The zero-order valence-electron chi connectivity index (χ0n) is 11.6. The highest BCUT2D eigenvalue weighted by Crippen LogP contribution is 2.32. The lowest BCUT2D eigenvalue weighted by Gasteiger charge is -2.36. The van der Waals surface area contributed by atoms with Crippen LogP contribution in [0.1, 0.15) is 49.4 Å². The van der Waals surface area contributed by atoms with E-state index in [4.69, 9.17) is 11.5 Å². The number of nitrogens with two attached hydrogens (primary N) is 2. The third kappa shape index (κ3) is 2.83. The van der Waals surface area contributed by atoms with Gasteiger partial charge in [-0.2, -0.15) is 0 Å². The van der Waals surface area contributed by atoms with E-state index < -0.39 is 5.91 Å². The molecule has 0 aromatic heterocycles. The van der Waals surface area contributed by atoms with Crippen LogP contribution >= 0.6 is 0 Å². The zero-order chi connectivity index (χ0) is 13.8. The van der Waals surface area contributed by atoms with Crippen molar-refractivity contribution >= 4 is 17.3 Å². The van der Waals surface area contributed by atoms with Gasteiger partial charge in [-0.3, -0.25) is 4.79 Å². The number of primary amides is 1. The number of nitrogen functional groups attached to an aromatic ring is 1. The fourth-order valence-corrected chi connectivity index (χ4v) is 3.04. The molecule has 1 amide bonds. The third-order valence-electron chi connectivity index (χ3n) is 4.01. The number of amides is 1. The molecule has 0 aliphatic heterocycles. The second-order valence-corrected chi connectivity index (χ2v) is 5.18. The molecule has 104 valence electrons. The molecule has 4 nitrogen and oxygen atoms in total. The van der Waals surface area contributed by atoms with Crippen LogP contribution in [-0.2, 0) is 0 Å². The lowest BCUT2D eigenvalue weighted by molar-refractivity contribution is 0.100. The minimum atomic E-state index is -0.459. The van der Waals surface area contributed by atoms with Gasteiger partial charge in [-0.05, 0) is 31.9 Å². The maximum atomic E-state index is 11.4. The molecule has 0 atom stereocenters. The molecule has 2 rings (SSSR count). The van der Waals surface area contributed by atoms with Gasteiger partial charge in [0.15, 0.2) is 0 Å². The van der Waals surface area contributed by atoms with Crippen LogP contribution in [0.15, 0.2) is 18.2 Å². The van der Waals surface area contributed by atoms with Gasteiger partial charge in [0.1, 0.15) is 0 Å². The van der Waals surface area contributed by atoms with Crippen LogP contribution in [0.4, 0.5) is 11.4 Å². The first-order chi connectivity index (χ1) is 9.15. The number of carbonyl (C=O) groups is 1. The Hall–Kier alpha value is -1.71. The first-order valence-electron chi connectivity index (χ1n) is 7.10. The van der Waals surface area contributed by atoms with Crippen LogP contribution in [0.5, 0.6) is 0 Å². The van der Waals surface area contributed by atoms with E-state index in [0.717, 1.165) is 12.2 Å². The Balaban J connectivity index is 2.32. The zero-order valence-corrected chi connectivity index (χ0v) is 11.6. The van der Waals surface area contributed by atoms with Gasteiger partial charge in [0.25, 0.3) is 5.91 Å². The summed E-state index contributed by atoms with van der Waals surface area (Å²) < 4.78 is 0. The SMILES string of the molecule is CCN(c1cccc(C(N)=O)c1N)C1CCCCC1. The van der Waals surface area contributed by atoms with Crippen molar-refractivity contribution in [1.82, 2.24) is 0 Å². The van der Waals surface area contributed by atoms with Crippen LogP contribution in [0, 0.1) is 0 Å². The van der Waals surface area contributed by atoms with E-state index in [0.29, 0.717) is 17.3 Å². The summed E-state index contributed by atoms with van der Waals surface area (Å²) in [6, 6.07) is 6.07. The van der Waals surface area contributed by atoms with Crippen molar-refractivity contribution in [2.45, 2.75) is 45.1 Å². The Bertz CT molecular complexity index is 453. The molecule has 1 aromatic rings. The fourth-order valence-electron chi connectivity index (χ4n) is 3.04.